The molecule has 0 aromatic heterocycles. The number of aliphatic hydroxyl groups excluding tert-OH is 1. The van der Waals surface area contributed by atoms with Crippen LogP contribution in [0.1, 0.15) is 6.92 Å². The summed E-state index contributed by atoms with van der Waals surface area (Å²) in [5.41, 5.74) is 5.06. The highest BCUT2D eigenvalue weighted by molar-refractivity contribution is 5.74. The second-order valence-corrected chi connectivity index (χ2v) is 2.26. The van der Waals surface area contributed by atoms with E-state index in [0.29, 0.717) is 13.2 Å². The van der Waals surface area contributed by atoms with E-state index in [2.05, 4.69) is 5.32 Å². The van der Waals surface area contributed by atoms with Gasteiger partial charge in [-0.15, -0.1) is 0 Å². The van der Waals surface area contributed by atoms with E-state index in [4.69, 9.17) is 21.0 Å². The second kappa shape index (κ2) is 5.94. The molecule has 0 amide bonds. The van der Waals surface area contributed by atoms with Crippen molar-refractivity contribution in [3.8, 4) is 0 Å². The minimum absolute atomic E-state index is 0.0130. The Bertz CT molecular complexity index is 118. The van der Waals surface area contributed by atoms with Gasteiger partial charge in [0, 0.05) is 6.04 Å². The first-order chi connectivity index (χ1) is 5.16. The number of nitrogens with two attached hydrogens (primary N) is 1. The van der Waals surface area contributed by atoms with Crippen molar-refractivity contribution in [3.05, 3.63) is 0 Å². The maximum Gasteiger partial charge on any atom is 0.185 e. The van der Waals surface area contributed by atoms with Crippen molar-refractivity contribution in [2.24, 2.45) is 5.73 Å². The number of aliphatic hydroxyl groups is 1. The van der Waals surface area contributed by atoms with Crippen LogP contribution in [0.4, 0.5) is 0 Å². The maximum atomic E-state index is 8.35. The fraction of sp³-hybridized carbons (Fsp3) is 0.833. The van der Waals surface area contributed by atoms with E-state index in [0.717, 1.165) is 0 Å². The molecule has 0 bridgehead atoms. The molecule has 66 valence electrons. The van der Waals surface area contributed by atoms with Crippen molar-refractivity contribution in [1.82, 2.24) is 5.32 Å². The average Bonchev–Trinajstić information content (AvgIpc) is 1.86. The van der Waals surface area contributed by atoms with Gasteiger partial charge in [-0.1, -0.05) is 0 Å². The Morgan fingerprint density at radius 3 is 2.91 bits per heavy atom. The lowest BCUT2D eigenvalue weighted by atomic mass is 10.4. The molecule has 5 heteroatoms. The molecule has 0 aliphatic rings. The van der Waals surface area contributed by atoms with E-state index in [-0.39, 0.29) is 18.6 Å². The van der Waals surface area contributed by atoms with Gasteiger partial charge in [0.2, 0.25) is 0 Å². The number of ether oxygens (including phenoxy) is 1. The van der Waals surface area contributed by atoms with Crippen molar-refractivity contribution < 1.29 is 9.84 Å². The van der Waals surface area contributed by atoms with Crippen LogP contribution in [0.2, 0.25) is 0 Å². The van der Waals surface area contributed by atoms with E-state index < -0.39 is 0 Å². The molecule has 0 saturated carbocycles. The third-order valence-electron chi connectivity index (χ3n) is 1.01. The summed E-state index contributed by atoms with van der Waals surface area (Å²) < 4.78 is 4.98. The summed E-state index contributed by atoms with van der Waals surface area (Å²) in [6.45, 7) is 2.63. The molecule has 0 aliphatic heterocycles. The Morgan fingerprint density at radius 1 is 1.82 bits per heavy atom. The zero-order chi connectivity index (χ0) is 8.69. The first kappa shape index (κ1) is 10.2. The molecule has 0 aromatic rings. The van der Waals surface area contributed by atoms with Gasteiger partial charge in [-0.25, -0.2) is 0 Å². The lowest BCUT2D eigenvalue weighted by Crippen LogP contribution is -2.40. The van der Waals surface area contributed by atoms with Crippen molar-refractivity contribution in [1.29, 1.82) is 5.41 Å². The van der Waals surface area contributed by atoms with Gasteiger partial charge in [0.05, 0.1) is 19.8 Å². The van der Waals surface area contributed by atoms with Gasteiger partial charge in [-0.2, -0.15) is 0 Å². The van der Waals surface area contributed by atoms with Gasteiger partial charge in [0.25, 0.3) is 0 Å². The lowest BCUT2D eigenvalue weighted by molar-refractivity contribution is 0.0828. The van der Waals surface area contributed by atoms with Gasteiger partial charge >= 0.3 is 0 Å². The first-order valence-corrected chi connectivity index (χ1v) is 3.46. The summed E-state index contributed by atoms with van der Waals surface area (Å²) in [6.07, 6.45) is 0. The predicted molar refractivity (Wildman–Crippen MR) is 42.4 cm³/mol. The summed E-state index contributed by atoms with van der Waals surface area (Å²) in [7, 11) is 0. The summed E-state index contributed by atoms with van der Waals surface area (Å²) in [5, 5.41) is 17.9. The minimum Gasteiger partial charge on any atom is -0.394 e. The van der Waals surface area contributed by atoms with Crippen LogP contribution in [0.3, 0.4) is 0 Å². The van der Waals surface area contributed by atoms with Crippen LogP contribution < -0.4 is 11.1 Å². The standard InChI is InChI=1S/C6H15N3O2/c1-5(9-6(7)8)4-11-3-2-10/h5,10H,2-4H2,1H3,(H4,7,8,9). The van der Waals surface area contributed by atoms with Gasteiger partial charge in [0.1, 0.15) is 0 Å². The monoisotopic (exact) mass is 161 g/mol. The van der Waals surface area contributed by atoms with Crippen molar-refractivity contribution >= 4 is 5.96 Å². The smallest absolute Gasteiger partial charge is 0.185 e. The normalized spacial score (nSPS) is 12.5. The molecular formula is C6H15N3O2. The van der Waals surface area contributed by atoms with Crippen LogP contribution in [0.15, 0.2) is 0 Å². The van der Waals surface area contributed by atoms with E-state index in [1.54, 1.807) is 0 Å². The van der Waals surface area contributed by atoms with Gasteiger partial charge in [-0.05, 0) is 6.92 Å². The number of hydrogen-bond donors (Lipinski definition) is 4. The Morgan fingerprint density at radius 2 is 2.45 bits per heavy atom. The molecule has 1 atom stereocenters. The first-order valence-electron chi connectivity index (χ1n) is 3.46. The van der Waals surface area contributed by atoms with E-state index in [9.17, 15) is 0 Å². The van der Waals surface area contributed by atoms with Gasteiger partial charge in [-0.3, -0.25) is 5.41 Å². The highest BCUT2D eigenvalue weighted by Crippen LogP contribution is 1.82. The molecule has 0 spiro atoms. The van der Waals surface area contributed by atoms with Crippen LogP contribution in [-0.4, -0.2) is 36.9 Å². The molecule has 5 N–H and O–H groups in total. The number of nitrogens with one attached hydrogen (secondary N) is 2. The van der Waals surface area contributed by atoms with E-state index in [1.165, 1.54) is 0 Å². The van der Waals surface area contributed by atoms with E-state index >= 15 is 0 Å². The highest BCUT2D eigenvalue weighted by Gasteiger charge is 2.00. The fourth-order valence-electron chi connectivity index (χ4n) is 0.632. The second-order valence-electron chi connectivity index (χ2n) is 2.26. The van der Waals surface area contributed by atoms with Crippen LogP contribution in [0.5, 0.6) is 0 Å². The topological polar surface area (TPSA) is 91.4 Å². The number of guanidine groups is 1. The molecule has 0 aliphatic carbocycles. The number of hydrogen-bond acceptors (Lipinski definition) is 3. The molecular weight excluding hydrogens is 146 g/mol. The van der Waals surface area contributed by atoms with Crippen LogP contribution >= 0.6 is 0 Å². The zero-order valence-electron chi connectivity index (χ0n) is 6.63. The summed E-state index contributed by atoms with van der Waals surface area (Å²) in [4.78, 5) is 0. The largest absolute Gasteiger partial charge is 0.394 e. The Hall–Kier alpha value is -0.810. The third kappa shape index (κ3) is 7.08. The van der Waals surface area contributed by atoms with E-state index in [1.807, 2.05) is 6.92 Å². The van der Waals surface area contributed by atoms with Gasteiger partial charge in [0.15, 0.2) is 5.96 Å². The highest BCUT2D eigenvalue weighted by atomic mass is 16.5. The third-order valence-corrected chi connectivity index (χ3v) is 1.01. The molecule has 0 saturated heterocycles. The molecule has 1 unspecified atom stereocenters. The molecule has 0 radical (unpaired) electrons. The van der Waals surface area contributed by atoms with Gasteiger partial charge < -0.3 is 20.9 Å². The minimum atomic E-state index is -0.0647. The molecule has 0 fully saturated rings. The molecule has 0 aromatic carbocycles. The Labute approximate surface area is 66.0 Å². The average molecular weight is 161 g/mol. The predicted octanol–water partition coefficient (Wildman–Crippen LogP) is -1.13. The van der Waals surface area contributed by atoms with Crippen LogP contribution in [0.25, 0.3) is 0 Å². The Balaban J connectivity index is 3.22. The molecule has 0 rings (SSSR count). The molecule has 5 nitrogen and oxygen atoms in total. The van der Waals surface area contributed by atoms with Crippen molar-refractivity contribution in [3.63, 3.8) is 0 Å². The quantitative estimate of drug-likeness (QED) is 0.233. The molecule has 0 heterocycles. The zero-order valence-corrected chi connectivity index (χ0v) is 6.63. The number of rotatable bonds is 5. The Kier molecular flexibility index (Phi) is 5.50. The summed E-state index contributed by atoms with van der Waals surface area (Å²) in [5.74, 6) is -0.0647. The van der Waals surface area contributed by atoms with Crippen LogP contribution in [0, 0.1) is 5.41 Å². The lowest BCUT2D eigenvalue weighted by Gasteiger charge is -2.12. The van der Waals surface area contributed by atoms with Crippen molar-refractivity contribution in [2.75, 3.05) is 19.8 Å². The summed E-state index contributed by atoms with van der Waals surface area (Å²) in [6, 6.07) is 0.0130. The fourth-order valence-corrected chi connectivity index (χ4v) is 0.632. The SMILES string of the molecule is CC(COCCO)NC(=N)N. The summed E-state index contributed by atoms with van der Waals surface area (Å²) >= 11 is 0. The van der Waals surface area contributed by atoms with Crippen LogP contribution in [-0.2, 0) is 4.74 Å². The van der Waals surface area contributed by atoms with Crippen molar-refractivity contribution in [2.45, 2.75) is 13.0 Å². The maximum absolute atomic E-state index is 8.35. The molecule has 11 heavy (non-hydrogen) atoms.